The van der Waals surface area contributed by atoms with Crippen molar-refractivity contribution in [3.63, 3.8) is 0 Å². The number of esters is 2. The first-order valence-corrected chi connectivity index (χ1v) is 4.51. The molecule has 1 aromatic carbocycles. The van der Waals surface area contributed by atoms with Crippen molar-refractivity contribution < 1.29 is 24.0 Å². The lowest BCUT2D eigenvalue weighted by molar-refractivity contribution is -0.385. The lowest BCUT2D eigenvalue weighted by Gasteiger charge is -2.04. The second kappa shape index (κ2) is 5.06. The molecular weight excluding hydrogens is 230 g/mol. The maximum atomic E-state index is 11.2. The lowest BCUT2D eigenvalue weighted by Crippen LogP contribution is -2.06. The molecule has 1 rings (SSSR count). The van der Waals surface area contributed by atoms with Crippen LogP contribution in [-0.4, -0.2) is 24.0 Å². The highest BCUT2D eigenvalue weighted by atomic mass is 16.6. The van der Waals surface area contributed by atoms with Crippen LogP contribution in [0.4, 0.5) is 5.69 Å². The summed E-state index contributed by atoms with van der Waals surface area (Å²) in [6, 6.07) is 3.44. The van der Waals surface area contributed by atoms with Gasteiger partial charge in [-0.2, -0.15) is 0 Å². The Bertz CT molecular complexity index is 482. The van der Waals surface area contributed by atoms with Crippen molar-refractivity contribution >= 4 is 17.6 Å². The molecule has 0 saturated heterocycles. The number of benzene rings is 1. The Kier molecular flexibility index (Phi) is 3.76. The Morgan fingerprint density at radius 1 is 1.35 bits per heavy atom. The van der Waals surface area contributed by atoms with Gasteiger partial charge in [-0.15, -0.1) is 0 Å². The Morgan fingerprint density at radius 2 is 2.00 bits per heavy atom. The molecule has 0 heterocycles. The molecule has 0 aliphatic carbocycles. The molecule has 7 nitrogen and oxygen atoms in total. The first-order valence-electron chi connectivity index (χ1n) is 4.51. The topological polar surface area (TPSA) is 95.7 Å². The van der Waals surface area contributed by atoms with E-state index in [1.54, 1.807) is 0 Å². The first kappa shape index (κ1) is 12.6. The zero-order valence-electron chi connectivity index (χ0n) is 9.13. The molecular formula is C10H9NO6. The summed E-state index contributed by atoms with van der Waals surface area (Å²) in [4.78, 5) is 31.9. The monoisotopic (exact) mass is 239 g/mol. The van der Waals surface area contributed by atoms with Gasteiger partial charge in [0.25, 0.3) is 0 Å². The molecule has 0 unspecified atom stereocenters. The highest BCUT2D eigenvalue weighted by molar-refractivity contribution is 5.90. The number of ether oxygens (including phenoxy) is 2. The molecule has 0 fully saturated rings. The van der Waals surface area contributed by atoms with Crippen molar-refractivity contribution in [1.82, 2.24) is 0 Å². The maximum Gasteiger partial charge on any atom is 0.338 e. The number of carbonyl (C=O) groups excluding carboxylic acids is 2. The third-order valence-corrected chi connectivity index (χ3v) is 1.83. The summed E-state index contributed by atoms with van der Waals surface area (Å²) >= 11 is 0. The van der Waals surface area contributed by atoms with E-state index in [0.29, 0.717) is 0 Å². The van der Waals surface area contributed by atoms with Crippen LogP contribution < -0.4 is 4.74 Å². The Balaban J connectivity index is 3.21. The van der Waals surface area contributed by atoms with Gasteiger partial charge in [0.05, 0.1) is 17.6 Å². The number of rotatable bonds is 3. The zero-order valence-corrected chi connectivity index (χ0v) is 9.13. The Labute approximate surface area is 96.1 Å². The largest absolute Gasteiger partial charge is 0.465 e. The maximum absolute atomic E-state index is 11.2. The van der Waals surface area contributed by atoms with Crippen LogP contribution in [0.5, 0.6) is 5.75 Å². The molecule has 1 aromatic rings. The van der Waals surface area contributed by atoms with E-state index in [1.165, 1.54) is 12.1 Å². The normalized spacial score (nSPS) is 9.53. The van der Waals surface area contributed by atoms with Crippen LogP contribution in [0.2, 0.25) is 0 Å². The number of hydrogen-bond donors (Lipinski definition) is 0. The molecule has 0 aromatic heterocycles. The summed E-state index contributed by atoms with van der Waals surface area (Å²) in [5, 5.41) is 10.7. The summed E-state index contributed by atoms with van der Waals surface area (Å²) in [5.41, 5.74) is -0.460. The third kappa shape index (κ3) is 3.00. The number of carbonyl (C=O) groups is 2. The highest BCUT2D eigenvalue weighted by Crippen LogP contribution is 2.28. The van der Waals surface area contributed by atoms with Crippen LogP contribution in [0.25, 0.3) is 0 Å². The molecule has 7 heteroatoms. The van der Waals surface area contributed by atoms with Crippen LogP contribution in [0.15, 0.2) is 18.2 Å². The standard InChI is InChI=1S/C10H9NO6/c1-6(12)17-9-4-3-7(10(13)16-2)5-8(9)11(14)15/h3-5H,1-2H3. The van der Waals surface area contributed by atoms with E-state index in [-0.39, 0.29) is 11.3 Å². The van der Waals surface area contributed by atoms with E-state index in [0.717, 1.165) is 20.1 Å². The molecule has 0 saturated carbocycles. The number of nitro groups is 1. The van der Waals surface area contributed by atoms with Crippen LogP contribution in [0.3, 0.4) is 0 Å². The Morgan fingerprint density at radius 3 is 2.47 bits per heavy atom. The molecule has 0 aliphatic rings. The van der Waals surface area contributed by atoms with Crippen molar-refractivity contribution in [2.45, 2.75) is 6.92 Å². The molecule has 0 atom stereocenters. The fourth-order valence-corrected chi connectivity index (χ4v) is 1.15. The van der Waals surface area contributed by atoms with Gasteiger partial charge in [0.15, 0.2) is 0 Å². The van der Waals surface area contributed by atoms with Gasteiger partial charge >= 0.3 is 17.6 Å². The van der Waals surface area contributed by atoms with Gasteiger partial charge in [0.1, 0.15) is 0 Å². The van der Waals surface area contributed by atoms with Gasteiger partial charge in [-0.3, -0.25) is 14.9 Å². The van der Waals surface area contributed by atoms with Gasteiger partial charge in [-0.05, 0) is 12.1 Å². The summed E-state index contributed by atoms with van der Waals surface area (Å²) in [7, 11) is 1.16. The molecule has 17 heavy (non-hydrogen) atoms. The summed E-state index contributed by atoms with van der Waals surface area (Å²) < 4.78 is 9.07. The molecule has 0 amide bonds. The predicted octanol–water partition coefficient (Wildman–Crippen LogP) is 1.31. The van der Waals surface area contributed by atoms with Gasteiger partial charge in [-0.25, -0.2) is 4.79 Å². The van der Waals surface area contributed by atoms with E-state index in [2.05, 4.69) is 9.47 Å². The van der Waals surface area contributed by atoms with Gasteiger partial charge in [-0.1, -0.05) is 0 Å². The minimum absolute atomic E-state index is 0.00935. The van der Waals surface area contributed by atoms with Gasteiger partial charge < -0.3 is 9.47 Å². The number of nitrogens with zero attached hydrogens (tertiary/aromatic N) is 1. The molecule has 90 valence electrons. The van der Waals surface area contributed by atoms with Crippen molar-refractivity contribution in [1.29, 1.82) is 0 Å². The second-order valence-electron chi connectivity index (χ2n) is 3.02. The molecule has 0 radical (unpaired) electrons. The summed E-state index contributed by atoms with van der Waals surface area (Å²) in [5.74, 6) is -1.60. The van der Waals surface area contributed by atoms with E-state index >= 15 is 0 Å². The average molecular weight is 239 g/mol. The van der Waals surface area contributed by atoms with E-state index in [9.17, 15) is 19.7 Å². The molecule has 0 bridgehead atoms. The van der Waals surface area contributed by atoms with Crippen LogP contribution >= 0.6 is 0 Å². The second-order valence-corrected chi connectivity index (χ2v) is 3.02. The minimum Gasteiger partial charge on any atom is -0.465 e. The van der Waals surface area contributed by atoms with Crippen molar-refractivity contribution in [2.75, 3.05) is 7.11 Å². The quantitative estimate of drug-likeness (QED) is 0.341. The van der Waals surface area contributed by atoms with Crippen molar-refractivity contribution in [2.24, 2.45) is 0 Å². The predicted molar refractivity (Wildman–Crippen MR) is 55.7 cm³/mol. The molecule has 0 aliphatic heterocycles. The zero-order chi connectivity index (χ0) is 13.0. The van der Waals surface area contributed by atoms with Crippen LogP contribution in [-0.2, 0) is 9.53 Å². The SMILES string of the molecule is COC(=O)c1ccc(OC(C)=O)c([N+](=O)[O-])c1. The fraction of sp³-hybridized carbons (Fsp3) is 0.200. The third-order valence-electron chi connectivity index (χ3n) is 1.83. The highest BCUT2D eigenvalue weighted by Gasteiger charge is 2.20. The Hall–Kier alpha value is -2.44. The fourth-order valence-electron chi connectivity index (χ4n) is 1.15. The average Bonchev–Trinajstić information content (AvgIpc) is 2.27. The lowest BCUT2D eigenvalue weighted by atomic mass is 10.2. The summed E-state index contributed by atoms with van der Waals surface area (Å²) in [6.07, 6.45) is 0. The van der Waals surface area contributed by atoms with Crippen molar-refractivity contribution in [3.05, 3.63) is 33.9 Å². The first-order chi connectivity index (χ1) is 7.95. The van der Waals surface area contributed by atoms with Crippen LogP contribution in [0.1, 0.15) is 17.3 Å². The number of hydrogen-bond acceptors (Lipinski definition) is 6. The van der Waals surface area contributed by atoms with Crippen molar-refractivity contribution in [3.8, 4) is 5.75 Å². The van der Waals surface area contributed by atoms with E-state index in [4.69, 9.17) is 0 Å². The van der Waals surface area contributed by atoms with E-state index in [1.807, 2.05) is 0 Å². The van der Waals surface area contributed by atoms with Gasteiger partial charge in [0, 0.05) is 13.0 Å². The minimum atomic E-state index is -0.745. The number of methoxy groups -OCH3 is 1. The van der Waals surface area contributed by atoms with E-state index < -0.39 is 22.5 Å². The van der Waals surface area contributed by atoms with Gasteiger partial charge in [0.2, 0.25) is 5.75 Å². The molecule has 0 N–H and O–H groups in total. The number of nitro benzene ring substituents is 1. The smallest absolute Gasteiger partial charge is 0.338 e. The molecule has 0 spiro atoms. The van der Waals surface area contributed by atoms with Crippen LogP contribution in [0, 0.1) is 10.1 Å². The summed E-state index contributed by atoms with van der Waals surface area (Å²) in [6.45, 7) is 1.12.